The van der Waals surface area contributed by atoms with Gasteiger partial charge in [-0.25, -0.2) is 4.99 Å². The number of guanidine groups is 1. The molecule has 0 saturated heterocycles. The first-order valence-corrected chi connectivity index (χ1v) is 9.74. The minimum absolute atomic E-state index is 0. The van der Waals surface area contributed by atoms with Gasteiger partial charge in [-0.15, -0.1) is 24.0 Å². The number of aliphatic hydroxyl groups excluding tert-OH is 1. The molecule has 0 radical (unpaired) electrons. The number of aliphatic imine (C=N–C) groups is 1. The van der Waals surface area contributed by atoms with Crippen LogP contribution in [0.1, 0.15) is 23.6 Å². The first kappa shape index (κ1) is 22.7. The number of aliphatic hydroxyl groups is 1. The number of hydrogen-bond acceptors (Lipinski definition) is 3. The van der Waals surface area contributed by atoms with Crippen LogP contribution >= 0.6 is 24.0 Å². The van der Waals surface area contributed by atoms with Crippen molar-refractivity contribution in [3.63, 3.8) is 0 Å². The Hall–Kier alpha value is -1.58. The van der Waals surface area contributed by atoms with Gasteiger partial charge in [-0.05, 0) is 36.1 Å². The predicted octanol–water partition coefficient (Wildman–Crippen LogP) is 2.12. The second-order valence-electron chi connectivity index (χ2n) is 7.17. The molecule has 0 amide bonds. The van der Waals surface area contributed by atoms with Crippen LogP contribution in [0.15, 0.2) is 47.7 Å². The Morgan fingerprint density at radius 1 is 1.21 bits per heavy atom. The maximum atomic E-state index is 10.5. The van der Waals surface area contributed by atoms with Gasteiger partial charge in [-0.3, -0.25) is 4.90 Å². The van der Waals surface area contributed by atoms with Crippen LogP contribution < -0.4 is 10.6 Å². The van der Waals surface area contributed by atoms with E-state index in [0.717, 1.165) is 32.0 Å². The summed E-state index contributed by atoms with van der Waals surface area (Å²) in [4.78, 5) is 6.92. The number of rotatable bonds is 7. The largest absolute Gasteiger partial charge is 0.390 e. The highest BCUT2D eigenvalue weighted by molar-refractivity contribution is 14.0. The van der Waals surface area contributed by atoms with Gasteiger partial charge in [0, 0.05) is 52.2 Å². The van der Waals surface area contributed by atoms with E-state index in [0.29, 0.717) is 19.6 Å². The molecule has 0 fully saturated rings. The van der Waals surface area contributed by atoms with E-state index in [2.05, 4.69) is 57.1 Å². The van der Waals surface area contributed by atoms with Crippen LogP contribution in [0.3, 0.4) is 0 Å². The number of nitrogens with zero attached hydrogens (tertiary/aromatic N) is 3. The van der Waals surface area contributed by atoms with E-state index in [4.69, 9.17) is 0 Å². The van der Waals surface area contributed by atoms with Crippen molar-refractivity contribution in [1.29, 1.82) is 0 Å². The molecule has 154 valence electrons. The number of benzene rings is 1. The minimum Gasteiger partial charge on any atom is -0.390 e. The van der Waals surface area contributed by atoms with E-state index in [9.17, 15) is 5.11 Å². The van der Waals surface area contributed by atoms with Crippen molar-refractivity contribution in [2.24, 2.45) is 12.0 Å². The summed E-state index contributed by atoms with van der Waals surface area (Å²) in [5, 5.41) is 17.0. The molecule has 28 heavy (non-hydrogen) atoms. The zero-order valence-corrected chi connectivity index (χ0v) is 19.1. The van der Waals surface area contributed by atoms with E-state index in [1.165, 1.54) is 16.7 Å². The molecule has 0 saturated carbocycles. The maximum absolute atomic E-state index is 10.5. The molecule has 2 heterocycles. The number of hydrogen-bond donors (Lipinski definition) is 3. The van der Waals surface area contributed by atoms with Crippen LogP contribution in [-0.2, 0) is 26.6 Å². The van der Waals surface area contributed by atoms with Crippen LogP contribution in [0.5, 0.6) is 0 Å². The summed E-state index contributed by atoms with van der Waals surface area (Å²) in [6, 6.07) is 10.6. The van der Waals surface area contributed by atoms with Crippen molar-refractivity contribution in [2.45, 2.75) is 32.5 Å². The average Bonchev–Trinajstić information content (AvgIpc) is 3.09. The van der Waals surface area contributed by atoms with Crippen LogP contribution in [0.4, 0.5) is 0 Å². The third kappa shape index (κ3) is 6.79. The van der Waals surface area contributed by atoms with Crippen molar-refractivity contribution < 1.29 is 5.11 Å². The van der Waals surface area contributed by atoms with Crippen LogP contribution in [0.2, 0.25) is 0 Å². The normalized spacial score (nSPS) is 15.5. The average molecular weight is 497 g/mol. The summed E-state index contributed by atoms with van der Waals surface area (Å²) < 4.78 is 2.02. The van der Waals surface area contributed by atoms with Gasteiger partial charge >= 0.3 is 0 Å². The molecule has 6 nitrogen and oxygen atoms in total. The molecule has 3 rings (SSSR count). The maximum Gasteiger partial charge on any atom is 0.191 e. The van der Waals surface area contributed by atoms with Crippen LogP contribution in [0, 0.1) is 0 Å². The van der Waals surface area contributed by atoms with Crippen LogP contribution in [0.25, 0.3) is 0 Å². The number of fused-ring (bicyclic) bond motifs is 1. The van der Waals surface area contributed by atoms with E-state index in [1.807, 2.05) is 24.7 Å². The van der Waals surface area contributed by atoms with Gasteiger partial charge in [-0.1, -0.05) is 24.3 Å². The topological polar surface area (TPSA) is 64.8 Å². The fourth-order valence-electron chi connectivity index (χ4n) is 3.45. The lowest BCUT2D eigenvalue weighted by Gasteiger charge is -2.30. The van der Waals surface area contributed by atoms with Gasteiger partial charge in [0.1, 0.15) is 0 Å². The number of β-amino-alcohol motifs (C(OH)–C–C–N with tert-alkyl or cyclic N) is 1. The van der Waals surface area contributed by atoms with Gasteiger partial charge < -0.3 is 20.3 Å². The molecule has 0 aliphatic carbocycles. The quantitative estimate of drug-likeness (QED) is 0.312. The number of halogens is 1. The molecule has 1 aromatic carbocycles. The predicted molar refractivity (Wildman–Crippen MR) is 125 cm³/mol. The molecule has 1 aliphatic rings. The van der Waals surface area contributed by atoms with Crippen LogP contribution in [-0.4, -0.2) is 52.8 Å². The molecule has 1 aliphatic heterocycles. The SMILES string of the molecule is CCNC(=NCc1ccn(C)c1)NCC(O)CN1CCc2ccccc2C1.I. The minimum atomic E-state index is -0.434. The van der Waals surface area contributed by atoms with Crippen molar-refractivity contribution in [3.05, 3.63) is 59.4 Å². The summed E-state index contributed by atoms with van der Waals surface area (Å²) in [6.45, 7) is 6.51. The lowest BCUT2D eigenvalue weighted by Crippen LogP contribution is -2.45. The molecule has 7 heteroatoms. The highest BCUT2D eigenvalue weighted by atomic mass is 127. The van der Waals surface area contributed by atoms with Gasteiger partial charge in [-0.2, -0.15) is 0 Å². The Morgan fingerprint density at radius 2 is 2.00 bits per heavy atom. The molecule has 1 atom stereocenters. The lowest BCUT2D eigenvalue weighted by molar-refractivity contribution is 0.108. The van der Waals surface area contributed by atoms with E-state index in [-0.39, 0.29) is 24.0 Å². The first-order chi connectivity index (χ1) is 13.1. The fourth-order valence-corrected chi connectivity index (χ4v) is 3.45. The smallest absolute Gasteiger partial charge is 0.191 e. The Bertz CT molecular complexity index is 761. The van der Waals surface area contributed by atoms with Crippen molar-refractivity contribution >= 4 is 29.9 Å². The van der Waals surface area contributed by atoms with Crippen molar-refractivity contribution in [1.82, 2.24) is 20.1 Å². The summed E-state index contributed by atoms with van der Waals surface area (Å²) in [6.07, 6.45) is 4.70. The third-order valence-corrected chi connectivity index (χ3v) is 4.84. The first-order valence-electron chi connectivity index (χ1n) is 9.74. The Balaban J connectivity index is 0.00000280. The number of aryl methyl sites for hydroxylation is 1. The molecule has 0 bridgehead atoms. The second kappa shape index (κ2) is 11.4. The summed E-state index contributed by atoms with van der Waals surface area (Å²) in [5.41, 5.74) is 3.98. The standard InChI is InChI=1S/C21H31N5O.HI/c1-3-22-21(23-12-17-8-10-25(2)14-17)24-13-20(27)16-26-11-9-18-6-4-5-7-19(18)15-26;/h4-8,10,14,20,27H,3,9,11-13,15-16H2,1-2H3,(H2,22,23,24);1H. The van der Waals surface area contributed by atoms with Crippen molar-refractivity contribution in [3.8, 4) is 0 Å². The van der Waals surface area contributed by atoms with Gasteiger partial charge in [0.25, 0.3) is 0 Å². The molecule has 1 aromatic heterocycles. The zero-order valence-electron chi connectivity index (χ0n) is 16.8. The lowest BCUT2D eigenvalue weighted by atomic mass is 10.00. The molecule has 0 spiro atoms. The molecule has 2 aromatic rings. The van der Waals surface area contributed by atoms with Gasteiger partial charge in [0.05, 0.1) is 12.6 Å². The number of nitrogens with one attached hydrogen (secondary N) is 2. The number of aromatic nitrogens is 1. The second-order valence-corrected chi connectivity index (χ2v) is 7.17. The zero-order chi connectivity index (χ0) is 19.1. The van der Waals surface area contributed by atoms with Gasteiger partial charge in [0.2, 0.25) is 0 Å². The Labute approximate surface area is 185 Å². The molecular formula is C21H32IN5O. The van der Waals surface area contributed by atoms with Gasteiger partial charge in [0.15, 0.2) is 5.96 Å². The van der Waals surface area contributed by atoms with Crippen molar-refractivity contribution in [2.75, 3.05) is 26.2 Å². The van der Waals surface area contributed by atoms with E-state index >= 15 is 0 Å². The fraction of sp³-hybridized carbons (Fsp3) is 0.476. The molecule has 3 N–H and O–H groups in total. The summed E-state index contributed by atoms with van der Waals surface area (Å²) >= 11 is 0. The highest BCUT2D eigenvalue weighted by Crippen LogP contribution is 2.18. The molecule has 1 unspecified atom stereocenters. The Morgan fingerprint density at radius 3 is 2.71 bits per heavy atom. The third-order valence-electron chi connectivity index (χ3n) is 4.84. The highest BCUT2D eigenvalue weighted by Gasteiger charge is 2.18. The molecular weight excluding hydrogens is 465 g/mol. The Kier molecular flexibility index (Phi) is 9.27. The van der Waals surface area contributed by atoms with E-state index in [1.54, 1.807) is 0 Å². The monoisotopic (exact) mass is 497 g/mol. The van der Waals surface area contributed by atoms with E-state index < -0.39 is 6.10 Å². The summed E-state index contributed by atoms with van der Waals surface area (Å²) in [5.74, 6) is 0.740. The summed E-state index contributed by atoms with van der Waals surface area (Å²) in [7, 11) is 2.01.